The molecule has 0 spiro atoms. The molecule has 0 saturated carbocycles. The number of rotatable bonds is 9. The van der Waals surface area contributed by atoms with Crippen molar-refractivity contribution in [3.05, 3.63) is 71.4 Å². The summed E-state index contributed by atoms with van der Waals surface area (Å²) in [5.74, 6) is 1.53. The fourth-order valence-electron chi connectivity index (χ4n) is 3.10. The molecule has 0 aliphatic heterocycles. The van der Waals surface area contributed by atoms with Gasteiger partial charge in [0.2, 0.25) is 5.91 Å². The van der Waals surface area contributed by atoms with Crippen LogP contribution in [0.1, 0.15) is 25.2 Å². The van der Waals surface area contributed by atoms with Gasteiger partial charge in [0.1, 0.15) is 5.82 Å². The van der Waals surface area contributed by atoms with Crippen molar-refractivity contribution < 1.29 is 4.79 Å². The molecule has 0 bridgehead atoms. The van der Waals surface area contributed by atoms with Crippen LogP contribution in [0.4, 0.5) is 5.13 Å². The van der Waals surface area contributed by atoms with E-state index in [1.54, 1.807) is 11.8 Å². The topological polar surface area (TPSA) is 72.7 Å². The Morgan fingerprint density at radius 1 is 1.12 bits per heavy atom. The molecule has 4 rings (SSSR count). The van der Waals surface area contributed by atoms with E-state index in [0.29, 0.717) is 5.13 Å². The third-order valence-electron chi connectivity index (χ3n) is 4.95. The van der Waals surface area contributed by atoms with E-state index < -0.39 is 0 Å². The van der Waals surface area contributed by atoms with Crippen molar-refractivity contribution in [2.75, 3.05) is 5.32 Å². The van der Waals surface area contributed by atoms with Crippen LogP contribution in [0.25, 0.3) is 11.3 Å². The van der Waals surface area contributed by atoms with Crippen molar-refractivity contribution in [2.45, 2.75) is 48.4 Å². The number of thioether (sulfide) groups is 2. The first-order chi connectivity index (χ1) is 16.0. The van der Waals surface area contributed by atoms with Crippen LogP contribution in [-0.4, -0.2) is 30.9 Å². The van der Waals surface area contributed by atoms with Crippen LogP contribution in [0.5, 0.6) is 0 Å². The molecule has 1 N–H and O–H groups in total. The molecule has 4 aromatic rings. The van der Waals surface area contributed by atoms with E-state index in [-0.39, 0.29) is 11.2 Å². The van der Waals surface area contributed by atoms with Crippen molar-refractivity contribution in [2.24, 2.45) is 0 Å². The lowest BCUT2D eigenvalue weighted by molar-refractivity contribution is -0.115. The first kappa shape index (κ1) is 23.5. The average Bonchev–Trinajstić information content (AvgIpc) is 3.46. The lowest BCUT2D eigenvalue weighted by Crippen LogP contribution is -2.23. The fourth-order valence-corrected chi connectivity index (χ4v) is 5.60. The minimum atomic E-state index is -0.332. The van der Waals surface area contributed by atoms with E-state index >= 15 is 0 Å². The summed E-state index contributed by atoms with van der Waals surface area (Å²) in [6, 6.07) is 18.4. The van der Waals surface area contributed by atoms with Crippen LogP contribution in [0.15, 0.2) is 70.0 Å². The molecular weight excluding hydrogens is 470 g/mol. The summed E-state index contributed by atoms with van der Waals surface area (Å²) in [6.07, 6.45) is 0. The Morgan fingerprint density at radius 3 is 2.61 bits per heavy atom. The number of nitrogens with zero attached hydrogens (tertiary/aromatic N) is 4. The molecule has 0 aliphatic carbocycles. The van der Waals surface area contributed by atoms with E-state index in [2.05, 4.69) is 63.2 Å². The monoisotopic (exact) mass is 495 g/mol. The Labute approximate surface area is 206 Å². The van der Waals surface area contributed by atoms with Crippen LogP contribution in [-0.2, 0) is 17.1 Å². The normalized spacial score (nSPS) is 12.0. The van der Waals surface area contributed by atoms with Crippen LogP contribution in [0.3, 0.4) is 0 Å². The number of aryl methyl sites for hydroxylation is 1. The molecule has 1 unspecified atom stereocenters. The van der Waals surface area contributed by atoms with Gasteiger partial charge in [-0.25, -0.2) is 4.98 Å². The Morgan fingerprint density at radius 2 is 1.88 bits per heavy atom. The average molecular weight is 496 g/mol. The standard InChI is InChI=1S/C24H25N5OS3/c1-4-29-21(15-31-19-12-10-16(2)11-13-19)27-28-24(29)33-17(3)22(30)26-23-25-20(14-32-23)18-8-6-5-7-9-18/h5-14,17H,4,15H2,1-3H3,(H,25,26,30). The molecule has 6 nitrogen and oxygen atoms in total. The Bertz CT molecular complexity index is 1200. The number of thiazole rings is 1. The Balaban J connectivity index is 1.36. The van der Waals surface area contributed by atoms with Gasteiger partial charge in [0.05, 0.1) is 16.7 Å². The molecule has 0 aliphatic rings. The molecule has 33 heavy (non-hydrogen) atoms. The maximum atomic E-state index is 12.8. The Kier molecular flexibility index (Phi) is 7.85. The van der Waals surface area contributed by atoms with Gasteiger partial charge in [-0.2, -0.15) is 0 Å². The van der Waals surface area contributed by atoms with Crippen LogP contribution < -0.4 is 5.32 Å². The zero-order valence-electron chi connectivity index (χ0n) is 18.7. The van der Waals surface area contributed by atoms with E-state index in [4.69, 9.17) is 0 Å². The van der Waals surface area contributed by atoms with E-state index in [9.17, 15) is 4.79 Å². The summed E-state index contributed by atoms with van der Waals surface area (Å²) in [5.41, 5.74) is 3.14. The zero-order chi connectivity index (χ0) is 23.2. The quantitative estimate of drug-likeness (QED) is 0.281. The lowest BCUT2D eigenvalue weighted by Gasteiger charge is -2.11. The summed E-state index contributed by atoms with van der Waals surface area (Å²) in [7, 11) is 0. The highest BCUT2D eigenvalue weighted by Crippen LogP contribution is 2.29. The number of carbonyl (C=O) groups excluding carboxylic acids is 1. The maximum absolute atomic E-state index is 12.8. The number of benzene rings is 2. The number of aromatic nitrogens is 4. The lowest BCUT2D eigenvalue weighted by atomic mass is 10.2. The van der Waals surface area contributed by atoms with Crippen molar-refractivity contribution in [1.82, 2.24) is 19.7 Å². The van der Waals surface area contributed by atoms with Crippen molar-refractivity contribution in [3.8, 4) is 11.3 Å². The van der Waals surface area contributed by atoms with Gasteiger partial charge >= 0.3 is 0 Å². The fraction of sp³-hybridized carbons (Fsp3) is 0.250. The second kappa shape index (κ2) is 11.0. The minimum Gasteiger partial charge on any atom is -0.306 e. The molecule has 170 valence electrons. The molecule has 2 aromatic heterocycles. The zero-order valence-corrected chi connectivity index (χ0v) is 21.1. The molecular formula is C24H25N5OS3. The van der Waals surface area contributed by atoms with Crippen molar-refractivity contribution in [3.63, 3.8) is 0 Å². The molecule has 9 heteroatoms. The smallest absolute Gasteiger partial charge is 0.239 e. The molecule has 1 amide bonds. The van der Waals surface area contributed by atoms with E-state index in [1.807, 2.05) is 42.6 Å². The third kappa shape index (κ3) is 6.04. The van der Waals surface area contributed by atoms with Crippen LogP contribution in [0.2, 0.25) is 0 Å². The first-order valence-corrected chi connectivity index (χ1v) is 13.4. The maximum Gasteiger partial charge on any atom is 0.239 e. The van der Waals surface area contributed by atoms with Crippen LogP contribution >= 0.6 is 34.9 Å². The highest BCUT2D eigenvalue weighted by atomic mass is 32.2. The van der Waals surface area contributed by atoms with Gasteiger partial charge < -0.3 is 9.88 Å². The van der Waals surface area contributed by atoms with Crippen molar-refractivity contribution >= 4 is 45.9 Å². The summed E-state index contributed by atoms with van der Waals surface area (Å²) in [6.45, 7) is 6.78. The second-order valence-electron chi connectivity index (χ2n) is 7.40. The number of anilines is 1. The van der Waals surface area contributed by atoms with Gasteiger partial charge in [0.25, 0.3) is 0 Å². The summed E-state index contributed by atoms with van der Waals surface area (Å²) in [4.78, 5) is 18.5. The van der Waals surface area contributed by atoms with Gasteiger partial charge in [0, 0.05) is 22.4 Å². The summed E-state index contributed by atoms with van der Waals surface area (Å²) in [5, 5.41) is 14.6. The summed E-state index contributed by atoms with van der Waals surface area (Å²) >= 11 is 4.57. The second-order valence-corrected chi connectivity index (χ2v) is 10.6. The molecule has 0 fully saturated rings. The van der Waals surface area contributed by atoms with E-state index in [0.717, 1.165) is 34.5 Å². The van der Waals surface area contributed by atoms with Gasteiger partial charge in [-0.05, 0) is 32.9 Å². The number of amides is 1. The number of hydrogen-bond acceptors (Lipinski definition) is 7. The molecule has 0 saturated heterocycles. The van der Waals surface area contributed by atoms with Gasteiger partial charge in [0.15, 0.2) is 10.3 Å². The Hall–Kier alpha value is -2.62. The molecule has 1 atom stereocenters. The molecule has 2 aromatic carbocycles. The number of nitrogens with one attached hydrogen (secondary N) is 1. The highest BCUT2D eigenvalue weighted by molar-refractivity contribution is 8.00. The predicted octanol–water partition coefficient (Wildman–Crippen LogP) is 6.14. The van der Waals surface area contributed by atoms with Crippen molar-refractivity contribution in [1.29, 1.82) is 0 Å². The van der Waals surface area contributed by atoms with Gasteiger partial charge in [-0.3, -0.25) is 4.79 Å². The first-order valence-electron chi connectivity index (χ1n) is 10.6. The summed E-state index contributed by atoms with van der Waals surface area (Å²) < 4.78 is 2.08. The SMILES string of the molecule is CCn1c(CSc2ccc(C)cc2)nnc1SC(C)C(=O)Nc1nc(-c2ccccc2)cs1. The third-order valence-corrected chi connectivity index (χ3v) is 7.80. The molecule has 2 heterocycles. The minimum absolute atomic E-state index is 0.102. The highest BCUT2D eigenvalue weighted by Gasteiger charge is 2.21. The van der Waals surface area contributed by atoms with Crippen LogP contribution in [0, 0.1) is 6.92 Å². The van der Waals surface area contributed by atoms with Gasteiger partial charge in [-0.15, -0.1) is 33.3 Å². The predicted molar refractivity (Wildman–Crippen MR) is 138 cm³/mol. The number of hydrogen-bond donors (Lipinski definition) is 1. The number of carbonyl (C=O) groups is 1. The van der Waals surface area contributed by atoms with E-state index in [1.165, 1.54) is 33.6 Å². The largest absolute Gasteiger partial charge is 0.306 e. The molecule has 0 radical (unpaired) electrons. The van der Waals surface area contributed by atoms with Gasteiger partial charge in [-0.1, -0.05) is 59.8 Å².